The molecule has 0 aliphatic rings. The van der Waals surface area contributed by atoms with Gasteiger partial charge in [0.25, 0.3) is 10.0 Å². The van der Waals surface area contributed by atoms with Crippen molar-refractivity contribution >= 4 is 53.8 Å². The molecule has 0 atom stereocenters. The fourth-order valence-electron chi connectivity index (χ4n) is 1.00. The summed E-state index contributed by atoms with van der Waals surface area (Å²) in [7, 11) is -3.49. The van der Waals surface area contributed by atoms with Crippen molar-refractivity contribution in [2.75, 3.05) is 4.72 Å². The van der Waals surface area contributed by atoms with Crippen LogP contribution < -0.4 is 4.72 Å². The standard InChI is InChI=1S/C8H7BrN2O2S3/c1-5-3-15-8(10-5)11-16(12,13)7-2-6(9)4-14-7/h2-4H,1H3,(H,10,11). The van der Waals surface area contributed by atoms with Crippen molar-refractivity contribution in [3.05, 3.63) is 27.0 Å². The van der Waals surface area contributed by atoms with Crippen molar-refractivity contribution in [2.45, 2.75) is 11.1 Å². The van der Waals surface area contributed by atoms with E-state index in [1.165, 1.54) is 11.3 Å². The highest BCUT2D eigenvalue weighted by Gasteiger charge is 2.17. The minimum atomic E-state index is -3.49. The zero-order valence-corrected chi connectivity index (χ0v) is 12.1. The van der Waals surface area contributed by atoms with E-state index >= 15 is 0 Å². The van der Waals surface area contributed by atoms with E-state index in [0.29, 0.717) is 5.13 Å². The van der Waals surface area contributed by atoms with E-state index in [9.17, 15) is 8.42 Å². The van der Waals surface area contributed by atoms with Crippen LogP contribution in [0.5, 0.6) is 0 Å². The number of rotatable bonds is 3. The van der Waals surface area contributed by atoms with Crippen LogP contribution in [-0.2, 0) is 10.0 Å². The molecule has 0 radical (unpaired) electrons. The van der Waals surface area contributed by atoms with Gasteiger partial charge in [0.2, 0.25) is 0 Å². The molecule has 0 aliphatic heterocycles. The molecule has 0 aromatic carbocycles. The Hall–Kier alpha value is -0.440. The van der Waals surface area contributed by atoms with Crippen molar-refractivity contribution in [2.24, 2.45) is 0 Å². The Labute approximate surface area is 110 Å². The summed E-state index contributed by atoms with van der Waals surface area (Å²) in [5.74, 6) is 0. The van der Waals surface area contributed by atoms with Crippen molar-refractivity contribution in [3.8, 4) is 0 Å². The second kappa shape index (κ2) is 4.44. The molecule has 2 aromatic rings. The van der Waals surface area contributed by atoms with Gasteiger partial charge in [-0.15, -0.1) is 22.7 Å². The van der Waals surface area contributed by atoms with Gasteiger partial charge in [-0.1, -0.05) is 0 Å². The molecule has 2 heterocycles. The Morgan fingerprint density at radius 1 is 1.38 bits per heavy atom. The molecule has 1 N–H and O–H groups in total. The molecule has 2 rings (SSSR count). The van der Waals surface area contributed by atoms with E-state index in [0.717, 1.165) is 21.5 Å². The van der Waals surface area contributed by atoms with E-state index in [1.54, 1.807) is 16.8 Å². The van der Waals surface area contributed by atoms with Crippen molar-refractivity contribution < 1.29 is 8.42 Å². The summed E-state index contributed by atoms with van der Waals surface area (Å²) in [5, 5.41) is 3.91. The van der Waals surface area contributed by atoms with E-state index in [4.69, 9.17) is 0 Å². The monoisotopic (exact) mass is 338 g/mol. The van der Waals surface area contributed by atoms with Crippen LogP contribution in [0.1, 0.15) is 5.69 Å². The summed E-state index contributed by atoms with van der Waals surface area (Å²) in [6.45, 7) is 1.82. The van der Waals surface area contributed by atoms with E-state index in [1.807, 2.05) is 6.92 Å². The topological polar surface area (TPSA) is 59.1 Å². The zero-order valence-electron chi connectivity index (χ0n) is 8.10. The third-order valence-electron chi connectivity index (χ3n) is 1.65. The maximum absolute atomic E-state index is 11.9. The van der Waals surface area contributed by atoms with E-state index in [-0.39, 0.29) is 4.21 Å². The molecule has 16 heavy (non-hydrogen) atoms. The molecule has 8 heteroatoms. The summed E-state index contributed by atoms with van der Waals surface area (Å²) < 4.78 is 27.2. The van der Waals surface area contributed by atoms with E-state index in [2.05, 4.69) is 25.6 Å². The lowest BCUT2D eigenvalue weighted by Crippen LogP contribution is -2.11. The number of anilines is 1. The Morgan fingerprint density at radius 3 is 2.62 bits per heavy atom. The lowest BCUT2D eigenvalue weighted by Gasteiger charge is -2.01. The second-order valence-corrected chi connectivity index (χ2v) is 7.58. The number of hydrogen-bond acceptors (Lipinski definition) is 5. The summed E-state index contributed by atoms with van der Waals surface area (Å²) >= 11 is 5.65. The highest BCUT2D eigenvalue weighted by molar-refractivity contribution is 9.10. The van der Waals surface area contributed by atoms with Gasteiger partial charge in [-0.25, -0.2) is 13.4 Å². The number of sulfonamides is 1. The molecule has 0 spiro atoms. The first kappa shape index (κ1) is 12.0. The van der Waals surface area contributed by atoms with Crippen LogP contribution in [0.3, 0.4) is 0 Å². The molecule has 0 amide bonds. The lowest BCUT2D eigenvalue weighted by atomic mass is 10.6. The average molecular weight is 339 g/mol. The zero-order chi connectivity index (χ0) is 11.8. The van der Waals surface area contributed by atoms with Gasteiger partial charge in [-0.05, 0) is 28.9 Å². The lowest BCUT2D eigenvalue weighted by molar-refractivity contribution is 0.603. The van der Waals surface area contributed by atoms with Crippen LogP contribution in [-0.4, -0.2) is 13.4 Å². The van der Waals surface area contributed by atoms with Crippen molar-refractivity contribution in [1.82, 2.24) is 4.98 Å². The van der Waals surface area contributed by atoms with Gasteiger partial charge in [-0.3, -0.25) is 4.72 Å². The molecule has 0 unspecified atom stereocenters. The fraction of sp³-hybridized carbons (Fsp3) is 0.125. The summed E-state index contributed by atoms with van der Waals surface area (Å²) in [6.07, 6.45) is 0. The second-order valence-electron chi connectivity index (χ2n) is 2.98. The number of nitrogens with one attached hydrogen (secondary N) is 1. The number of thiazole rings is 1. The number of thiophene rings is 1. The van der Waals surface area contributed by atoms with Crippen LogP contribution >= 0.6 is 38.6 Å². The number of hydrogen-bond donors (Lipinski definition) is 1. The molecular formula is C8H7BrN2O2S3. The third kappa shape index (κ3) is 2.62. The third-order valence-corrected chi connectivity index (χ3v) is 6.19. The minimum Gasteiger partial charge on any atom is -0.254 e. The molecule has 2 aromatic heterocycles. The largest absolute Gasteiger partial charge is 0.273 e. The molecule has 0 fully saturated rings. The Bertz CT molecular complexity index is 602. The Balaban J connectivity index is 2.27. The SMILES string of the molecule is Cc1csc(NS(=O)(=O)c2cc(Br)cs2)n1. The first-order valence-corrected chi connectivity index (χ1v) is 8.20. The number of halogens is 1. The Kier molecular flexibility index (Phi) is 3.34. The molecule has 0 saturated carbocycles. The van der Waals surface area contributed by atoms with Crippen LogP contribution in [0.4, 0.5) is 5.13 Å². The predicted molar refractivity (Wildman–Crippen MR) is 69.7 cm³/mol. The molecular weight excluding hydrogens is 332 g/mol. The number of nitrogens with zero attached hydrogens (tertiary/aromatic N) is 1. The summed E-state index contributed by atoms with van der Waals surface area (Å²) in [4.78, 5) is 4.05. The van der Waals surface area contributed by atoms with E-state index < -0.39 is 10.0 Å². The van der Waals surface area contributed by atoms with Crippen molar-refractivity contribution in [1.29, 1.82) is 0 Å². The average Bonchev–Trinajstić information content (AvgIpc) is 2.75. The van der Waals surface area contributed by atoms with Crippen molar-refractivity contribution in [3.63, 3.8) is 0 Å². The molecule has 0 bridgehead atoms. The first-order chi connectivity index (χ1) is 7.47. The Morgan fingerprint density at radius 2 is 2.12 bits per heavy atom. The van der Waals surface area contributed by atoms with Gasteiger partial charge in [0.1, 0.15) is 4.21 Å². The van der Waals surface area contributed by atoms with Gasteiger partial charge in [0.05, 0.1) is 5.69 Å². The minimum absolute atomic E-state index is 0.271. The predicted octanol–water partition coefficient (Wildman–Crippen LogP) is 3.08. The van der Waals surface area contributed by atoms with Gasteiger partial charge in [-0.2, -0.15) is 0 Å². The fourth-order valence-corrected chi connectivity index (χ4v) is 4.79. The van der Waals surface area contributed by atoms with Gasteiger partial charge in [0, 0.05) is 15.2 Å². The van der Waals surface area contributed by atoms with Gasteiger partial charge >= 0.3 is 0 Å². The van der Waals surface area contributed by atoms with Gasteiger partial charge in [0.15, 0.2) is 5.13 Å². The van der Waals surface area contributed by atoms with Gasteiger partial charge < -0.3 is 0 Å². The maximum Gasteiger partial charge on any atom is 0.273 e. The smallest absolute Gasteiger partial charge is 0.254 e. The molecule has 0 aliphatic carbocycles. The summed E-state index contributed by atoms with van der Waals surface area (Å²) in [5.41, 5.74) is 0.801. The van der Waals surface area contributed by atoms with Crippen LogP contribution in [0.25, 0.3) is 0 Å². The first-order valence-electron chi connectivity index (χ1n) is 4.16. The quantitative estimate of drug-likeness (QED) is 0.935. The van der Waals surface area contributed by atoms with Crippen LogP contribution in [0, 0.1) is 6.92 Å². The molecule has 86 valence electrons. The highest BCUT2D eigenvalue weighted by atomic mass is 79.9. The normalized spacial score (nSPS) is 11.6. The molecule has 4 nitrogen and oxygen atoms in total. The number of aryl methyl sites for hydroxylation is 1. The highest BCUT2D eigenvalue weighted by Crippen LogP contribution is 2.26. The van der Waals surface area contributed by atoms with Crippen LogP contribution in [0.15, 0.2) is 25.5 Å². The van der Waals surface area contributed by atoms with Crippen LogP contribution in [0.2, 0.25) is 0 Å². The summed E-state index contributed by atoms with van der Waals surface area (Å²) in [6, 6.07) is 1.56. The molecule has 0 saturated heterocycles. The maximum atomic E-state index is 11.9. The number of aromatic nitrogens is 1.